The number of rotatable bonds is 5. The summed E-state index contributed by atoms with van der Waals surface area (Å²) >= 11 is 0. The van der Waals surface area contributed by atoms with Gasteiger partial charge in [-0.1, -0.05) is 6.92 Å². The highest BCUT2D eigenvalue weighted by molar-refractivity contribution is 4.80. The summed E-state index contributed by atoms with van der Waals surface area (Å²) in [4.78, 5) is 2.37. The molecule has 0 saturated carbocycles. The van der Waals surface area contributed by atoms with Crippen LogP contribution in [0.4, 0.5) is 0 Å². The average Bonchev–Trinajstić information content (AvgIpc) is 2.18. The quantitative estimate of drug-likeness (QED) is 0.754. The normalized spacial score (nSPS) is 27.6. The Morgan fingerprint density at radius 2 is 2.27 bits per heavy atom. The van der Waals surface area contributed by atoms with Gasteiger partial charge in [0.25, 0.3) is 0 Å². The zero-order valence-corrected chi connectivity index (χ0v) is 10.3. The molecule has 0 aliphatic carbocycles. The largest absolute Gasteiger partial charge is 0.389 e. The van der Waals surface area contributed by atoms with Gasteiger partial charge in [-0.15, -0.1) is 0 Å². The minimum absolute atomic E-state index is 0.533. The molecule has 0 radical (unpaired) electrons. The van der Waals surface area contributed by atoms with E-state index in [1.165, 1.54) is 12.8 Å². The number of aliphatic hydroxyl groups is 1. The number of β-amino-alcohol motifs (C(OH)–C–C–N with tert-alkyl or cyclic N) is 1. The summed E-state index contributed by atoms with van der Waals surface area (Å²) < 4.78 is 5.20. The molecular weight excluding hydrogens is 190 g/mol. The molecule has 1 rings (SSSR count). The van der Waals surface area contributed by atoms with Gasteiger partial charge in [-0.05, 0) is 38.6 Å². The number of piperidine rings is 1. The highest BCUT2D eigenvalue weighted by Gasteiger charge is 2.26. The molecule has 1 aliphatic heterocycles. The van der Waals surface area contributed by atoms with E-state index in [-0.39, 0.29) is 0 Å². The molecule has 1 fully saturated rings. The molecule has 0 spiro atoms. The Labute approximate surface area is 93.4 Å². The monoisotopic (exact) mass is 215 g/mol. The Morgan fingerprint density at radius 1 is 1.53 bits per heavy atom. The van der Waals surface area contributed by atoms with Gasteiger partial charge in [0.15, 0.2) is 0 Å². The molecule has 0 aromatic carbocycles. The Morgan fingerprint density at radius 3 is 2.87 bits per heavy atom. The van der Waals surface area contributed by atoms with Gasteiger partial charge in [-0.2, -0.15) is 0 Å². The van der Waals surface area contributed by atoms with Crippen LogP contribution in [0.3, 0.4) is 0 Å². The fourth-order valence-corrected chi connectivity index (χ4v) is 2.26. The molecule has 1 N–H and O–H groups in total. The summed E-state index contributed by atoms with van der Waals surface area (Å²) in [5.74, 6) is 0.649. The van der Waals surface area contributed by atoms with E-state index in [0.29, 0.717) is 5.92 Å². The molecule has 1 aliphatic rings. The van der Waals surface area contributed by atoms with Crippen LogP contribution in [-0.2, 0) is 4.74 Å². The Bertz CT molecular complexity index is 180. The van der Waals surface area contributed by atoms with E-state index in [0.717, 1.165) is 32.7 Å². The Kier molecular flexibility index (Phi) is 5.03. The third-order valence-corrected chi connectivity index (χ3v) is 3.33. The zero-order chi connectivity index (χ0) is 11.3. The minimum Gasteiger partial charge on any atom is -0.389 e. The predicted molar refractivity (Wildman–Crippen MR) is 62.0 cm³/mol. The first-order chi connectivity index (χ1) is 7.07. The third-order valence-electron chi connectivity index (χ3n) is 3.33. The van der Waals surface area contributed by atoms with E-state index in [2.05, 4.69) is 4.90 Å². The molecule has 0 amide bonds. The van der Waals surface area contributed by atoms with Gasteiger partial charge in [0.1, 0.15) is 0 Å². The average molecular weight is 215 g/mol. The highest BCUT2D eigenvalue weighted by Crippen LogP contribution is 2.19. The van der Waals surface area contributed by atoms with Crippen LogP contribution in [0, 0.1) is 5.92 Å². The maximum atomic E-state index is 10.0. The summed E-state index contributed by atoms with van der Waals surface area (Å²) in [5, 5.41) is 10.0. The van der Waals surface area contributed by atoms with Crippen molar-refractivity contribution in [3.8, 4) is 0 Å². The van der Waals surface area contributed by atoms with Crippen molar-refractivity contribution >= 4 is 0 Å². The summed E-state index contributed by atoms with van der Waals surface area (Å²) in [6.07, 6.45) is 3.31. The first-order valence-electron chi connectivity index (χ1n) is 6.01. The predicted octanol–water partition coefficient (Wildman–Crippen LogP) is 1.51. The van der Waals surface area contributed by atoms with Gasteiger partial charge >= 0.3 is 0 Å². The van der Waals surface area contributed by atoms with Crippen molar-refractivity contribution in [3.05, 3.63) is 0 Å². The lowest BCUT2D eigenvalue weighted by Gasteiger charge is -2.36. The van der Waals surface area contributed by atoms with Gasteiger partial charge in [-0.25, -0.2) is 0 Å². The fraction of sp³-hybridized carbons (Fsp3) is 1.00. The van der Waals surface area contributed by atoms with Crippen molar-refractivity contribution in [2.24, 2.45) is 5.92 Å². The van der Waals surface area contributed by atoms with E-state index < -0.39 is 5.60 Å². The van der Waals surface area contributed by atoms with Gasteiger partial charge < -0.3 is 14.7 Å². The van der Waals surface area contributed by atoms with Gasteiger partial charge in [0.2, 0.25) is 0 Å². The minimum atomic E-state index is -0.533. The number of methoxy groups -OCH3 is 1. The molecule has 1 saturated heterocycles. The molecular formula is C12H25NO2. The van der Waals surface area contributed by atoms with Gasteiger partial charge in [0, 0.05) is 20.2 Å². The molecule has 0 aromatic rings. The summed E-state index contributed by atoms with van der Waals surface area (Å²) in [7, 11) is 1.77. The standard InChI is InChI=1S/C12H25NO2/c1-4-12(2,14)10-13-7-5-6-11(8-13)9-15-3/h11,14H,4-10H2,1-3H3. The second kappa shape index (κ2) is 5.83. The van der Waals surface area contributed by atoms with Crippen molar-refractivity contribution in [3.63, 3.8) is 0 Å². The van der Waals surface area contributed by atoms with E-state index in [1.54, 1.807) is 7.11 Å². The highest BCUT2D eigenvalue weighted by atomic mass is 16.5. The number of ether oxygens (including phenoxy) is 1. The van der Waals surface area contributed by atoms with Crippen LogP contribution < -0.4 is 0 Å². The van der Waals surface area contributed by atoms with Crippen molar-refractivity contribution in [1.82, 2.24) is 4.90 Å². The topological polar surface area (TPSA) is 32.7 Å². The molecule has 15 heavy (non-hydrogen) atoms. The zero-order valence-electron chi connectivity index (χ0n) is 10.3. The summed E-state index contributed by atoms with van der Waals surface area (Å²) in [5.41, 5.74) is -0.533. The van der Waals surface area contributed by atoms with E-state index in [9.17, 15) is 5.11 Å². The Balaban J connectivity index is 2.36. The van der Waals surface area contributed by atoms with Gasteiger partial charge in [-0.3, -0.25) is 0 Å². The van der Waals surface area contributed by atoms with Crippen LogP contribution in [-0.4, -0.2) is 49.0 Å². The SMILES string of the molecule is CCC(C)(O)CN1CCCC(COC)C1. The molecule has 0 bridgehead atoms. The smallest absolute Gasteiger partial charge is 0.0743 e. The van der Waals surface area contributed by atoms with Crippen molar-refractivity contribution in [2.45, 2.75) is 38.7 Å². The lowest BCUT2D eigenvalue weighted by atomic mass is 9.96. The van der Waals surface area contributed by atoms with Crippen LogP contribution in [0.5, 0.6) is 0 Å². The molecule has 3 nitrogen and oxygen atoms in total. The fourth-order valence-electron chi connectivity index (χ4n) is 2.26. The molecule has 90 valence electrons. The second-order valence-electron chi connectivity index (χ2n) is 5.05. The first kappa shape index (κ1) is 12.9. The van der Waals surface area contributed by atoms with Crippen molar-refractivity contribution in [2.75, 3.05) is 33.4 Å². The van der Waals surface area contributed by atoms with Crippen LogP contribution in [0.25, 0.3) is 0 Å². The number of hydrogen-bond acceptors (Lipinski definition) is 3. The van der Waals surface area contributed by atoms with Crippen molar-refractivity contribution in [1.29, 1.82) is 0 Å². The number of nitrogens with zero attached hydrogens (tertiary/aromatic N) is 1. The number of hydrogen-bond donors (Lipinski definition) is 1. The van der Waals surface area contributed by atoms with E-state index in [4.69, 9.17) is 4.74 Å². The summed E-state index contributed by atoms with van der Waals surface area (Å²) in [6, 6.07) is 0. The lowest BCUT2D eigenvalue weighted by Crippen LogP contribution is -2.45. The Hall–Kier alpha value is -0.120. The molecule has 2 unspecified atom stereocenters. The van der Waals surface area contributed by atoms with E-state index >= 15 is 0 Å². The maximum absolute atomic E-state index is 10.0. The summed E-state index contributed by atoms with van der Waals surface area (Å²) in [6.45, 7) is 7.80. The van der Waals surface area contributed by atoms with Crippen LogP contribution in [0.1, 0.15) is 33.1 Å². The van der Waals surface area contributed by atoms with E-state index in [1.807, 2.05) is 13.8 Å². The van der Waals surface area contributed by atoms with Crippen molar-refractivity contribution < 1.29 is 9.84 Å². The first-order valence-corrected chi connectivity index (χ1v) is 6.01. The molecule has 3 heteroatoms. The third kappa shape index (κ3) is 4.49. The molecule has 2 atom stereocenters. The van der Waals surface area contributed by atoms with Crippen LogP contribution >= 0.6 is 0 Å². The van der Waals surface area contributed by atoms with Crippen LogP contribution in [0.2, 0.25) is 0 Å². The maximum Gasteiger partial charge on any atom is 0.0743 e. The molecule has 0 aromatic heterocycles. The van der Waals surface area contributed by atoms with Crippen LogP contribution in [0.15, 0.2) is 0 Å². The lowest BCUT2D eigenvalue weighted by molar-refractivity contribution is -0.00322. The number of likely N-dealkylation sites (tertiary alicyclic amines) is 1. The van der Waals surface area contributed by atoms with Gasteiger partial charge in [0.05, 0.1) is 12.2 Å². The second-order valence-corrected chi connectivity index (χ2v) is 5.05. The molecule has 1 heterocycles.